The zero-order valence-corrected chi connectivity index (χ0v) is 14.9. The number of ether oxygens (including phenoxy) is 1. The predicted molar refractivity (Wildman–Crippen MR) is 94.2 cm³/mol. The summed E-state index contributed by atoms with van der Waals surface area (Å²) in [5.74, 6) is 0.739. The highest BCUT2D eigenvalue weighted by Gasteiger charge is 2.33. The van der Waals surface area contributed by atoms with Crippen LogP contribution in [0.5, 0.6) is 5.75 Å². The monoisotopic (exact) mass is 318 g/mol. The lowest BCUT2D eigenvalue weighted by Gasteiger charge is -2.39. The Morgan fingerprint density at radius 2 is 1.87 bits per heavy atom. The van der Waals surface area contributed by atoms with Crippen molar-refractivity contribution >= 4 is 5.91 Å². The fraction of sp³-hybridized carbons (Fsp3) is 0.632. The van der Waals surface area contributed by atoms with Crippen LogP contribution in [0.2, 0.25) is 0 Å². The molecule has 0 heterocycles. The van der Waals surface area contributed by atoms with Crippen LogP contribution in [0.1, 0.15) is 54.4 Å². The van der Waals surface area contributed by atoms with Crippen molar-refractivity contribution in [2.75, 3.05) is 27.7 Å². The van der Waals surface area contributed by atoms with Crippen LogP contribution in [0.4, 0.5) is 0 Å². The molecule has 128 valence electrons. The van der Waals surface area contributed by atoms with Gasteiger partial charge in [0.15, 0.2) is 0 Å². The summed E-state index contributed by atoms with van der Waals surface area (Å²) in [5.41, 5.74) is 1.79. The molecule has 1 aromatic carbocycles. The second-order valence-electron chi connectivity index (χ2n) is 6.90. The van der Waals surface area contributed by atoms with Crippen molar-refractivity contribution in [3.63, 3.8) is 0 Å². The van der Waals surface area contributed by atoms with Crippen molar-refractivity contribution < 1.29 is 9.53 Å². The first-order valence-electron chi connectivity index (χ1n) is 8.59. The summed E-state index contributed by atoms with van der Waals surface area (Å²) in [7, 11) is 5.90. The Labute approximate surface area is 140 Å². The zero-order chi connectivity index (χ0) is 16.9. The molecule has 0 spiro atoms. The summed E-state index contributed by atoms with van der Waals surface area (Å²) in [6, 6.07) is 5.61. The summed E-state index contributed by atoms with van der Waals surface area (Å²) >= 11 is 0. The quantitative estimate of drug-likeness (QED) is 0.846. The Bertz CT molecular complexity index is 532. The highest BCUT2D eigenvalue weighted by molar-refractivity contribution is 5.94. The number of carbonyl (C=O) groups is 1. The molecule has 0 aliphatic heterocycles. The third-order valence-corrected chi connectivity index (χ3v) is 5.23. The molecular weight excluding hydrogens is 288 g/mol. The van der Waals surface area contributed by atoms with E-state index in [1.165, 1.54) is 25.7 Å². The van der Waals surface area contributed by atoms with Crippen LogP contribution >= 0.6 is 0 Å². The number of hydrogen-bond donors (Lipinski definition) is 1. The van der Waals surface area contributed by atoms with Crippen LogP contribution in [-0.4, -0.2) is 44.1 Å². The minimum absolute atomic E-state index is 0.0197. The van der Waals surface area contributed by atoms with Gasteiger partial charge in [-0.3, -0.25) is 4.79 Å². The molecule has 1 aliphatic carbocycles. The number of amides is 1. The van der Waals surface area contributed by atoms with E-state index in [0.717, 1.165) is 24.2 Å². The fourth-order valence-electron chi connectivity index (χ4n) is 3.48. The molecule has 4 nitrogen and oxygen atoms in total. The second-order valence-corrected chi connectivity index (χ2v) is 6.90. The largest absolute Gasteiger partial charge is 0.496 e. The van der Waals surface area contributed by atoms with Gasteiger partial charge in [-0.1, -0.05) is 31.7 Å². The second kappa shape index (κ2) is 7.82. The number of benzene rings is 1. The topological polar surface area (TPSA) is 41.6 Å². The summed E-state index contributed by atoms with van der Waals surface area (Å²) in [6.07, 6.45) is 7.39. The van der Waals surface area contributed by atoms with Gasteiger partial charge in [0.2, 0.25) is 0 Å². The number of hydrogen-bond acceptors (Lipinski definition) is 3. The first kappa shape index (κ1) is 17.8. The number of aryl methyl sites for hydroxylation is 1. The summed E-state index contributed by atoms with van der Waals surface area (Å²) < 4.78 is 5.32. The van der Waals surface area contributed by atoms with E-state index in [-0.39, 0.29) is 11.4 Å². The fourth-order valence-corrected chi connectivity index (χ4v) is 3.48. The number of likely N-dealkylation sites (N-methyl/N-ethyl adjacent to an activating group) is 1. The Hall–Kier alpha value is -1.55. The van der Waals surface area contributed by atoms with Gasteiger partial charge in [0.1, 0.15) is 5.75 Å². The Morgan fingerprint density at radius 1 is 1.22 bits per heavy atom. The van der Waals surface area contributed by atoms with E-state index in [1.807, 2.05) is 25.1 Å². The summed E-state index contributed by atoms with van der Waals surface area (Å²) in [6.45, 7) is 2.68. The van der Waals surface area contributed by atoms with Crippen LogP contribution in [0.15, 0.2) is 18.2 Å². The van der Waals surface area contributed by atoms with Crippen LogP contribution < -0.4 is 10.1 Å². The maximum Gasteiger partial charge on any atom is 0.251 e. The SMILES string of the molecule is COc1cc(C(=O)NCC2(N(C)C)CCCCCC2)ccc1C. The van der Waals surface area contributed by atoms with Crippen LogP contribution in [0, 0.1) is 6.92 Å². The molecule has 1 aliphatic rings. The van der Waals surface area contributed by atoms with E-state index in [9.17, 15) is 4.79 Å². The van der Waals surface area contributed by atoms with Crippen molar-refractivity contribution in [3.8, 4) is 5.75 Å². The summed E-state index contributed by atoms with van der Waals surface area (Å²) in [4.78, 5) is 14.8. The Balaban J connectivity index is 2.06. The lowest BCUT2D eigenvalue weighted by molar-refractivity contribution is 0.0869. The maximum absolute atomic E-state index is 12.5. The molecule has 1 aromatic rings. The van der Waals surface area contributed by atoms with Gasteiger partial charge in [-0.25, -0.2) is 0 Å². The van der Waals surface area contributed by atoms with E-state index < -0.39 is 0 Å². The number of rotatable bonds is 5. The van der Waals surface area contributed by atoms with Gasteiger partial charge >= 0.3 is 0 Å². The van der Waals surface area contributed by atoms with Crippen molar-refractivity contribution in [2.45, 2.75) is 51.0 Å². The number of carbonyl (C=O) groups excluding carboxylic acids is 1. The van der Waals surface area contributed by atoms with E-state index in [2.05, 4.69) is 24.3 Å². The molecule has 1 fully saturated rings. The zero-order valence-electron chi connectivity index (χ0n) is 14.9. The van der Waals surface area contributed by atoms with E-state index in [1.54, 1.807) is 7.11 Å². The highest BCUT2D eigenvalue weighted by Crippen LogP contribution is 2.30. The third-order valence-electron chi connectivity index (χ3n) is 5.23. The van der Waals surface area contributed by atoms with Gasteiger partial charge in [0.25, 0.3) is 5.91 Å². The van der Waals surface area contributed by atoms with Crippen molar-refractivity contribution in [1.82, 2.24) is 10.2 Å². The van der Waals surface area contributed by atoms with Gasteiger partial charge < -0.3 is 15.0 Å². The first-order valence-corrected chi connectivity index (χ1v) is 8.59. The normalized spacial score (nSPS) is 17.6. The molecule has 0 unspecified atom stereocenters. The molecule has 1 saturated carbocycles. The minimum Gasteiger partial charge on any atom is -0.496 e. The molecule has 2 rings (SSSR count). The van der Waals surface area contributed by atoms with Crippen LogP contribution in [0.3, 0.4) is 0 Å². The molecule has 0 saturated heterocycles. The van der Waals surface area contributed by atoms with E-state index in [0.29, 0.717) is 12.1 Å². The van der Waals surface area contributed by atoms with Crippen LogP contribution in [0.25, 0.3) is 0 Å². The average Bonchev–Trinajstić information content (AvgIpc) is 2.79. The average molecular weight is 318 g/mol. The predicted octanol–water partition coefficient (Wildman–Crippen LogP) is 3.39. The molecule has 1 amide bonds. The third kappa shape index (κ3) is 4.25. The van der Waals surface area contributed by atoms with Crippen molar-refractivity contribution in [1.29, 1.82) is 0 Å². The van der Waals surface area contributed by atoms with Gasteiger partial charge in [-0.15, -0.1) is 0 Å². The van der Waals surface area contributed by atoms with Crippen molar-refractivity contribution in [2.24, 2.45) is 0 Å². The van der Waals surface area contributed by atoms with Gasteiger partial charge in [0.05, 0.1) is 7.11 Å². The molecule has 0 radical (unpaired) electrons. The molecule has 0 aromatic heterocycles. The molecule has 0 atom stereocenters. The number of nitrogens with one attached hydrogen (secondary N) is 1. The van der Waals surface area contributed by atoms with Crippen LogP contribution in [-0.2, 0) is 0 Å². The van der Waals surface area contributed by atoms with E-state index >= 15 is 0 Å². The first-order chi connectivity index (χ1) is 11.0. The smallest absolute Gasteiger partial charge is 0.251 e. The Morgan fingerprint density at radius 3 is 2.43 bits per heavy atom. The standard InChI is InChI=1S/C19H30N2O2/c1-15-9-10-16(13-17(15)23-4)18(22)20-14-19(21(2)3)11-7-5-6-8-12-19/h9-10,13H,5-8,11-12,14H2,1-4H3,(H,20,22). The molecule has 1 N–H and O–H groups in total. The van der Waals surface area contributed by atoms with E-state index in [4.69, 9.17) is 4.74 Å². The minimum atomic E-state index is -0.0197. The number of methoxy groups -OCH3 is 1. The summed E-state index contributed by atoms with van der Waals surface area (Å²) in [5, 5.41) is 3.15. The van der Waals surface area contributed by atoms with Gasteiger partial charge in [0, 0.05) is 17.6 Å². The molecule has 0 bridgehead atoms. The molecular formula is C19H30N2O2. The van der Waals surface area contributed by atoms with Crippen molar-refractivity contribution in [3.05, 3.63) is 29.3 Å². The Kier molecular flexibility index (Phi) is 6.05. The number of nitrogens with zero attached hydrogens (tertiary/aromatic N) is 1. The lowest BCUT2D eigenvalue weighted by Crippen LogP contribution is -2.52. The molecule has 4 heteroatoms. The van der Waals surface area contributed by atoms with Gasteiger partial charge in [-0.05, 0) is 51.6 Å². The highest BCUT2D eigenvalue weighted by atomic mass is 16.5. The maximum atomic E-state index is 12.5. The lowest BCUT2D eigenvalue weighted by atomic mass is 9.88. The van der Waals surface area contributed by atoms with Gasteiger partial charge in [-0.2, -0.15) is 0 Å². The molecule has 23 heavy (non-hydrogen) atoms.